The summed E-state index contributed by atoms with van der Waals surface area (Å²) in [4.78, 5) is 15.6. The van der Waals surface area contributed by atoms with E-state index in [2.05, 4.69) is 10.3 Å². The Labute approximate surface area is 114 Å². The van der Waals surface area contributed by atoms with Crippen molar-refractivity contribution in [1.29, 1.82) is 0 Å². The summed E-state index contributed by atoms with van der Waals surface area (Å²) in [5, 5.41) is 12.8. The number of aromatic nitrogens is 2. The van der Waals surface area contributed by atoms with Crippen LogP contribution in [0.25, 0.3) is 0 Å². The molecule has 0 spiro atoms. The zero-order chi connectivity index (χ0) is 13.7. The van der Waals surface area contributed by atoms with Gasteiger partial charge in [0, 0.05) is 12.6 Å². The molecule has 1 saturated carbocycles. The number of hydrogen-bond acceptors (Lipinski definition) is 3. The lowest BCUT2D eigenvalue weighted by Gasteiger charge is -2.22. The van der Waals surface area contributed by atoms with Gasteiger partial charge in [-0.2, -0.15) is 0 Å². The van der Waals surface area contributed by atoms with Gasteiger partial charge >= 0.3 is 5.97 Å². The largest absolute Gasteiger partial charge is 0.480 e. The molecule has 0 bridgehead atoms. The fraction of sp³-hybridized carbons (Fsp3) is 0.714. The average molecular weight is 265 g/mol. The summed E-state index contributed by atoms with van der Waals surface area (Å²) in [5.41, 5.74) is 0.749. The molecule has 106 valence electrons. The van der Waals surface area contributed by atoms with Gasteiger partial charge in [-0.15, -0.1) is 0 Å². The smallest absolute Gasteiger partial charge is 0.326 e. The van der Waals surface area contributed by atoms with Crippen molar-refractivity contribution in [2.45, 2.75) is 64.1 Å². The van der Waals surface area contributed by atoms with E-state index in [1.54, 1.807) is 12.5 Å². The molecular formula is C14H23N3O2. The summed E-state index contributed by atoms with van der Waals surface area (Å²) >= 11 is 0. The van der Waals surface area contributed by atoms with Crippen molar-refractivity contribution in [3.8, 4) is 0 Å². The molecule has 1 unspecified atom stereocenters. The average Bonchev–Trinajstić information content (AvgIpc) is 2.71. The molecule has 0 saturated heterocycles. The number of nitrogens with zero attached hydrogens (tertiary/aromatic N) is 2. The minimum absolute atomic E-state index is 0.309. The van der Waals surface area contributed by atoms with Gasteiger partial charge in [-0.25, -0.2) is 4.98 Å². The van der Waals surface area contributed by atoms with E-state index >= 15 is 0 Å². The number of carboxylic acid groups (broad SMARTS) is 1. The van der Waals surface area contributed by atoms with E-state index in [0.717, 1.165) is 25.1 Å². The monoisotopic (exact) mass is 265 g/mol. The Morgan fingerprint density at radius 1 is 1.47 bits per heavy atom. The molecule has 1 atom stereocenters. The van der Waals surface area contributed by atoms with Gasteiger partial charge in [0.05, 0.1) is 18.2 Å². The topological polar surface area (TPSA) is 67.2 Å². The van der Waals surface area contributed by atoms with E-state index in [-0.39, 0.29) is 0 Å². The molecule has 0 aliphatic heterocycles. The Bertz CT molecular complexity index is 409. The predicted molar refractivity (Wildman–Crippen MR) is 72.9 cm³/mol. The first kappa shape index (κ1) is 14.1. The molecule has 1 fully saturated rings. The van der Waals surface area contributed by atoms with Gasteiger partial charge in [0.25, 0.3) is 0 Å². The molecule has 0 aromatic carbocycles. The van der Waals surface area contributed by atoms with Crippen molar-refractivity contribution >= 4 is 5.97 Å². The standard InChI is InChI=1S/C14H23N3O2/c1-2-17-10-15-9-12(17)13(14(18)19)16-11-7-5-3-4-6-8-11/h9-11,13,16H,2-8H2,1H3,(H,18,19). The summed E-state index contributed by atoms with van der Waals surface area (Å²) in [5.74, 6) is -0.820. The van der Waals surface area contributed by atoms with E-state index in [1.165, 1.54) is 25.7 Å². The zero-order valence-corrected chi connectivity index (χ0v) is 11.5. The van der Waals surface area contributed by atoms with Crippen LogP contribution in [0, 0.1) is 0 Å². The van der Waals surface area contributed by atoms with Crippen molar-refractivity contribution in [3.05, 3.63) is 18.2 Å². The Morgan fingerprint density at radius 2 is 2.16 bits per heavy atom. The summed E-state index contributed by atoms with van der Waals surface area (Å²) in [6.07, 6.45) is 10.4. The second-order valence-electron chi connectivity index (χ2n) is 5.23. The fourth-order valence-corrected chi connectivity index (χ4v) is 2.80. The molecule has 0 amide bonds. The number of aryl methyl sites for hydroxylation is 1. The third-order valence-corrected chi connectivity index (χ3v) is 3.89. The molecule has 1 aliphatic carbocycles. The van der Waals surface area contributed by atoms with Gasteiger partial charge in [0.1, 0.15) is 6.04 Å². The Hall–Kier alpha value is -1.36. The van der Waals surface area contributed by atoms with E-state index in [4.69, 9.17) is 0 Å². The van der Waals surface area contributed by atoms with Gasteiger partial charge in [-0.3, -0.25) is 10.1 Å². The van der Waals surface area contributed by atoms with Crippen LogP contribution in [-0.4, -0.2) is 26.7 Å². The number of hydrogen-bond donors (Lipinski definition) is 2. The van der Waals surface area contributed by atoms with Gasteiger partial charge in [-0.05, 0) is 19.8 Å². The van der Waals surface area contributed by atoms with Crippen molar-refractivity contribution in [2.24, 2.45) is 0 Å². The van der Waals surface area contributed by atoms with E-state index in [0.29, 0.717) is 6.04 Å². The molecule has 1 aromatic heterocycles. The summed E-state index contributed by atoms with van der Waals surface area (Å²) in [6.45, 7) is 2.74. The summed E-state index contributed by atoms with van der Waals surface area (Å²) < 4.78 is 1.89. The van der Waals surface area contributed by atoms with Gasteiger partial charge in [0.2, 0.25) is 0 Å². The number of nitrogens with one attached hydrogen (secondary N) is 1. The first-order valence-electron chi connectivity index (χ1n) is 7.21. The molecule has 2 N–H and O–H groups in total. The minimum Gasteiger partial charge on any atom is -0.480 e. The molecule has 1 aliphatic rings. The van der Waals surface area contributed by atoms with Crippen molar-refractivity contribution < 1.29 is 9.90 Å². The van der Waals surface area contributed by atoms with Crippen molar-refractivity contribution in [1.82, 2.24) is 14.9 Å². The van der Waals surface area contributed by atoms with E-state index in [1.807, 2.05) is 11.5 Å². The van der Waals surface area contributed by atoms with Crippen LogP contribution < -0.4 is 5.32 Å². The van der Waals surface area contributed by atoms with Gasteiger partial charge in [-0.1, -0.05) is 25.7 Å². The maximum Gasteiger partial charge on any atom is 0.326 e. The Morgan fingerprint density at radius 3 is 2.74 bits per heavy atom. The minimum atomic E-state index is -0.820. The number of carboxylic acids is 1. The third kappa shape index (κ3) is 3.56. The van der Waals surface area contributed by atoms with Crippen LogP contribution in [0.3, 0.4) is 0 Å². The predicted octanol–water partition coefficient (Wildman–Crippen LogP) is 2.34. The molecule has 1 heterocycles. The Balaban J connectivity index is 2.09. The third-order valence-electron chi connectivity index (χ3n) is 3.89. The Kier molecular flexibility index (Phi) is 4.96. The molecule has 19 heavy (non-hydrogen) atoms. The lowest BCUT2D eigenvalue weighted by atomic mass is 10.1. The first-order valence-corrected chi connectivity index (χ1v) is 7.21. The first-order chi connectivity index (χ1) is 9.22. The van der Waals surface area contributed by atoms with Crippen LogP contribution in [0.1, 0.15) is 57.2 Å². The van der Waals surface area contributed by atoms with Crippen LogP contribution in [0.2, 0.25) is 0 Å². The van der Waals surface area contributed by atoms with Crippen LogP contribution in [0.4, 0.5) is 0 Å². The highest BCUT2D eigenvalue weighted by Gasteiger charge is 2.26. The molecule has 0 radical (unpaired) electrons. The second-order valence-corrected chi connectivity index (χ2v) is 5.23. The zero-order valence-electron chi connectivity index (χ0n) is 11.5. The fourth-order valence-electron chi connectivity index (χ4n) is 2.80. The molecule has 2 rings (SSSR count). The number of imidazole rings is 1. The maximum atomic E-state index is 11.5. The molecule has 5 heteroatoms. The van der Waals surface area contributed by atoms with Crippen molar-refractivity contribution in [3.63, 3.8) is 0 Å². The van der Waals surface area contributed by atoms with E-state index < -0.39 is 12.0 Å². The van der Waals surface area contributed by atoms with Gasteiger partial charge in [0.15, 0.2) is 0 Å². The van der Waals surface area contributed by atoms with Gasteiger partial charge < -0.3 is 9.67 Å². The maximum absolute atomic E-state index is 11.5. The van der Waals surface area contributed by atoms with E-state index in [9.17, 15) is 9.90 Å². The highest BCUT2D eigenvalue weighted by molar-refractivity contribution is 5.74. The highest BCUT2D eigenvalue weighted by atomic mass is 16.4. The number of rotatable bonds is 5. The quantitative estimate of drug-likeness (QED) is 0.802. The number of carbonyl (C=O) groups is 1. The lowest BCUT2D eigenvalue weighted by molar-refractivity contribution is -0.140. The number of aliphatic carboxylic acids is 1. The normalized spacial score (nSPS) is 19.0. The van der Waals surface area contributed by atoms with Crippen LogP contribution in [0.5, 0.6) is 0 Å². The highest BCUT2D eigenvalue weighted by Crippen LogP contribution is 2.21. The molecular weight excluding hydrogens is 242 g/mol. The molecule has 1 aromatic rings. The van der Waals surface area contributed by atoms with Crippen LogP contribution >= 0.6 is 0 Å². The van der Waals surface area contributed by atoms with Crippen LogP contribution in [0.15, 0.2) is 12.5 Å². The molecule has 5 nitrogen and oxygen atoms in total. The van der Waals surface area contributed by atoms with Crippen LogP contribution in [-0.2, 0) is 11.3 Å². The van der Waals surface area contributed by atoms with Crippen molar-refractivity contribution in [2.75, 3.05) is 0 Å². The summed E-state index contributed by atoms with van der Waals surface area (Å²) in [6, 6.07) is -0.339. The lowest BCUT2D eigenvalue weighted by Crippen LogP contribution is -2.37. The second kappa shape index (κ2) is 6.70. The summed E-state index contributed by atoms with van der Waals surface area (Å²) in [7, 11) is 0. The SMILES string of the molecule is CCn1cncc1C(NC1CCCCCC1)C(=O)O.